The van der Waals surface area contributed by atoms with Gasteiger partial charge in [-0.25, -0.2) is 0 Å². The summed E-state index contributed by atoms with van der Waals surface area (Å²) in [5.74, 6) is 0. The van der Waals surface area contributed by atoms with Crippen LogP contribution in [0, 0.1) is 0 Å². The normalized spacial score (nSPS) is 3.29. The minimum absolute atomic E-state index is 0.292. The Morgan fingerprint density at radius 3 is 0.786 bits per heavy atom. The van der Waals surface area contributed by atoms with Gasteiger partial charge in [0.1, 0.15) is 0 Å². The van der Waals surface area contributed by atoms with E-state index >= 15 is 0 Å². The average Bonchev–Trinajstić information content (AvgIpc) is 2.30. The van der Waals surface area contributed by atoms with Gasteiger partial charge < -0.3 is 24.0 Å². The van der Waals surface area contributed by atoms with Crippen molar-refractivity contribution < 1.29 is 44.9 Å². The molecule has 1 N–H and O–H groups in total. The van der Waals surface area contributed by atoms with E-state index in [1.54, 1.807) is 6.92 Å². The zero-order valence-corrected chi connectivity index (χ0v) is 8.56. The first kappa shape index (κ1) is 38.7. The van der Waals surface area contributed by atoms with Crippen molar-refractivity contribution in [2.75, 3.05) is 0 Å². The Balaban J connectivity index is -0.0000000143. The molecule has 0 amide bonds. The summed E-state index contributed by atoms with van der Waals surface area (Å²) >= 11 is 2.38. The van der Waals surface area contributed by atoms with Gasteiger partial charge in [0, 0.05) is 0 Å². The van der Waals surface area contributed by atoms with Crippen LogP contribution < -0.4 is 0 Å². The van der Waals surface area contributed by atoms with E-state index in [1.807, 2.05) is 0 Å². The summed E-state index contributed by atoms with van der Waals surface area (Å²) in [6.45, 7) is 17.8. The van der Waals surface area contributed by atoms with Crippen LogP contribution in [0.25, 0.3) is 0 Å². The zero-order valence-electron chi connectivity index (χ0n) is 7.28. The average molecular weight is 241 g/mol. The largest absolute Gasteiger partial charge is 0.545 e. The summed E-state index contributed by atoms with van der Waals surface area (Å²) in [6.07, 6.45) is 0. The molecule has 6 nitrogen and oxygen atoms in total. The van der Waals surface area contributed by atoms with Crippen molar-refractivity contribution >= 4 is 38.5 Å². The maximum atomic E-state index is 7.92. The van der Waals surface area contributed by atoms with Gasteiger partial charge in [-0.15, -0.1) is 0 Å². The molecule has 0 aliphatic heterocycles. The third-order valence-electron chi connectivity index (χ3n) is 0. The topological polar surface area (TPSA) is 106 Å². The van der Waals surface area contributed by atoms with Crippen molar-refractivity contribution in [1.82, 2.24) is 0 Å². The molecule has 0 aliphatic carbocycles. The van der Waals surface area contributed by atoms with Crippen LogP contribution in [0.4, 0.5) is 0 Å². The summed E-state index contributed by atoms with van der Waals surface area (Å²) < 4.78 is 0.292. The fourth-order valence-corrected chi connectivity index (χ4v) is 0. The molecule has 0 aromatic heterocycles. The van der Waals surface area contributed by atoms with Crippen molar-refractivity contribution in [3.63, 3.8) is 0 Å². The predicted octanol–water partition coefficient (Wildman–Crippen LogP) is -1.31. The van der Waals surface area contributed by atoms with Crippen LogP contribution in [0.2, 0.25) is 0 Å². The van der Waals surface area contributed by atoms with Crippen LogP contribution in [0.15, 0.2) is 0 Å². The standard InChI is InChI=1S/C2H4O.5CHO.Cr/c1-2-3;5*1-2;/h3H,1H3;5*1H;/q;5*-1;. The molecule has 0 radical (unpaired) electrons. The van der Waals surface area contributed by atoms with Gasteiger partial charge in [0.15, 0.2) is 0 Å². The number of aliphatic hydroxyl groups is 1. The van der Waals surface area contributed by atoms with Gasteiger partial charge in [-0.05, 0) is 0 Å². The van der Waals surface area contributed by atoms with E-state index in [1.165, 1.54) is 0 Å². The zero-order chi connectivity index (χ0) is 13.6. The molecule has 0 aromatic carbocycles. The third-order valence-corrected chi connectivity index (χ3v) is 0. The van der Waals surface area contributed by atoms with Gasteiger partial charge in [-0.2, -0.15) is 0 Å². The molecule has 0 aliphatic rings. The van der Waals surface area contributed by atoms with Gasteiger partial charge in [-0.1, -0.05) is 0 Å². The van der Waals surface area contributed by atoms with Crippen molar-refractivity contribution in [3.8, 4) is 0 Å². The number of hydrogen-bond donors (Lipinski definition) is 1. The van der Waals surface area contributed by atoms with Gasteiger partial charge >= 0.3 is 32.4 Å². The van der Waals surface area contributed by atoms with Crippen molar-refractivity contribution in [1.29, 1.82) is 0 Å². The molecule has 0 bridgehead atoms. The second-order valence-electron chi connectivity index (χ2n) is 0.519. The second kappa shape index (κ2) is 458. The fraction of sp³-hybridized carbons (Fsp3) is 0.143. The van der Waals surface area contributed by atoms with E-state index in [9.17, 15) is 0 Å². The van der Waals surface area contributed by atoms with E-state index in [4.69, 9.17) is 29.1 Å². The van der Waals surface area contributed by atoms with Crippen LogP contribution in [0.3, 0.4) is 0 Å². The van der Waals surface area contributed by atoms with Gasteiger partial charge in [0.25, 0.3) is 0 Å². The second-order valence-corrected chi connectivity index (χ2v) is 1.44. The van der Waals surface area contributed by atoms with Crippen LogP contribution in [-0.2, 0) is 39.8 Å². The Hall–Kier alpha value is -1.29. The Morgan fingerprint density at radius 1 is 0.786 bits per heavy atom. The number of rotatable bonds is 0. The van der Waals surface area contributed by atoms with E-state index in [2.05, 4.69) is 49.8 Å². The molecule has 0 spiro atoms. The number of hydrogen-bond acceptors (Lipinski definition) is 6. The molecule has 0 heterocycles. The SMILES string of the molecule is C[C](O)=[Cr].[CH-]=O.[CH-]=O.[CH-]=O.[CH-]=O.[CH-]=O. The molecule has 0 rings (SSSR count). The molecule has 0 atom stereocenters. The Bertz CT molecular complexity index is 74.6. The molecule has 7 heteroatoms. The maximum absolute atomic E-state index is 7.92. The van der Waals surface area contributed by atoms with Crippen LogP contribution in [0.5, 0.6) is 0 Å². The monoisotopic (exact) mass is 241 g/mol. The van der Waals surface area contributed by atoms with Crippen LogP contribution in [-0.4, -0.2) is 43.6 Å². The van der Waals surface area contributed by atoms with E-state index in [0.717, 1.165) is 0 Å². The van der Waals surface area contributed by atoms with Gasteiger partial charge in [0.2, 0.25) is 0 Å². The summed E-state index contributed by atoms with van der Waals surface area (Å²) in [7, 11) is 0. The molecule has 0 unspecified atom stereocenters. The molecule has 14 heavy (non-hydrogen) atoms. The minimum atomic E-state index is 0.292. The third kappa shape index (κ3) is 610. The predicted molar refractivity (Wildman–Crippen MR) is 46.4 cm³/mol. The Kier molecular flexibility index (Phi) is 1270. The molecule has 0 fully saturated rings. The smallest absolute Gasteiger partial charge is 0.282 e. The summed E-state index contributed by atoms with van der Waals surface area (Å²) in [6, 6.07) is 0. The Labute approximate surface area is 90.9 Å². The number of carbonyl (C=O) groups excluding carboxylic acids is 5. The number of aliphatic hydroxyl groups excluding tert-OH is 1. The minimum Gasteiger partial charge on any atom is -0.545 e. The first-order valence-electron chi connectivity index (χ1n) is 2.11. The quantitative estimate of drug-likeness (QED) is 0.416. The van der Waals surface area contributed by atoms with Crippen LogP contribution in [0.1, 0.15) is 6.92 Å². The fourth-order valence-electron chi connectivity index (χ4n) is 0. The molecule has 0 saturated heterocycles. The van der Waals surface area contributed by atoms with Crippen molar-refractivity contribution in [3.05, 3.63) is 0 Å². The molecular weight excluding hydrogens is 232 g/mol. The molecule has 0 aromatic rings. The van der Waals surface area contributed by atoms with E-state index in [0.29, 0.717) is 4.57 Å². The molecule has 84 valence electrons. The van der Waals surface area contributed by atoms with Gasteiger partial charge in [-0.3, -0.25) is 33.9 Å². The van der Waals surface area contributed by atoms with Gasteiger partial charge in [0.05, 0.1) is 0 Å². The molecular formula is C7H9CrO6-5. The Morgan fingerprint density at radius 2 is 0.786 bits per heavy atom. The van der Waals surface area contributed by atoms with Crippen LogP contribution >= 0.6 is 0 Å². The maximum Gasteiger partial charge on any atom is -0.282 e. The summed E-state index contributed by atoms with van der Waals surface area (Å²) in [5.41, 5.74) is 0. The first-order valence-corrected chi connectivity index (χ1v) is 2.74. The summed E-state index contributed by atoms with van der Waals surface area (Å²) in [4.78, 5) is 38.8. The van der Waals surface area contributed by atoms with E-state index in [-0.39, 0.29) is 0 Å². The van der Waals surface area contributed by atoms with Crippen molar-refractivity contribution in [2.45, 2.75) is 6.92 Å². The first-order chi connectivity index (χ1) is 6.73. The summed E-state index contributed by atoms with van der Waals surface area (Å²) in [5, 5.41) is 7.92. The van der Waals surface area contributed by atoms with Crippen molar-refractivity contribution in [2.24, 2.45) is 0 Å². The molecule has 0 saturated carbocycles. The van der Waals surface area contributed by atoms with E-state index < -0.39 is 0 Å².